The van der Waals surface area contributed by atoms with Gasteiger partial charge in [-0.15, -0.1) is 0 Å². The Kier molecular flexibility index (Phi) is 5.42. The summed E-state index contributed by atoms with van der Waals surface area (Å²) in [4.78, 5) is 32.6. The number of carbonyl (C=O) groups excluding carboxylic acids is 2. The summed E-state index contributed by atoms with van der Waals surface area (Å²) in [5, 5.41) is 1.04. The second-order valence-electron chi connectivity index (χ2n) is 6.91. The van der Waals surface area contributed by atoms with Gasteiger partial charge in [-0.2, -0.15) is 0 Å². The van der Waals surface area contributed by atoms with Crippen LogP contribution in [0.3, 0.4) is 0 Å². The summed E-state index contributed by atoms with van der Waals surface area (Å²) in [5.41, 5.74) is 1.56. The third-order valence-electron chi connectivity index (χ3n) is 4.94. The normalized spacial score (nSPS) is 16.6. The van der Waals surface area contributed by atoms with Gasteiger partial charge in [0.05, 0.1) is 0 Å². The number of anilines is 1. The van der Waals surface area contributed by atoms with Crippen molar-refractivity contribution in [2.45, 2.75) is 19.3 Å². The third-order valence-corrected chi connectivity index (χ3v) is 5.38. The van der Waals surface area contributed by atoms with Gasteiger partial charge in [0.1, 0.15) is 6.54 Å². The molecule has 0 saturated carbocycles. The first-order valence-electron chi connectivity index (χ1n) is 9.19. The van der Waals surface area contributed by atoms with Crippen LogP contribution in [0.5, 0.6) is 5.75 Å². The molecular weight excluding hydrogens is 401 g/mol. The van der Waals surface area contributed by atoms with Crippen LogP contribution in [0.15, 0.2) is 30.5 Å². The topological polar surface area (TPSA) is 62.7 Å². The number of halogens is 2. The zero-order valence-corrected chi connectivity index (χ0v) is 16.7. The second-order valence-corrected chi connectivity index (χ2v) is 7.79. The maximum atomic E-state index is 12.6. The van der Waals surface area contributed by atoms with E-state index in [-0.39, 0.29) is 25.0 Å². The van der Waals surface area contributed by atoms with Gasteiger partial charge >= 0.3 is 0 Å². The Labute approximate surface area is 173 Å². The van der Waals surface area contributed by atoms with Crippen molar-refractivity contribution in [1.29, 1.82) is 0 Å². The number of carbonyl (C=O) groups is 2. The van der Waals surface area contributed by atoms with Crippen LogP contribution in [-0.2, 0) is 9.59 Å². The highest BCUT2D eigenvalue weighted by Crippen LogP contribution is 2.35. The number of ether oxygens (including phenoxy) is 1. The van der Waals surface area contributed by atoms with Crippen LogP contribution in [0.25, 0.3) is 11.1 Å². The molecular formula is C20H19Cl2N3O3. The van der Waals surface area contributed by atoms with Gasteiger partial charge in [0, 0.05) is 34.9 Å². The minimum Gasteiger partial charge on any atom is -0.480 e. The molecule has 0 radical (unpaired) electrons. The number of piperidine rings is 1. The van der Waals surface area contributed by atoms with E-state index in [1.165, 1.54) is 4.90 Å². The van der Waals surface area contributed by atoms with Crippen molar-refractivity contribution in [2.75, 3.05) is 31.1 Å². The van der Waals surface area contributed by atoms with E-state index >= 15 is 0 Å². The minimum absolute atomic E-state index is 0.0233. The predicted octanol–water partition coefficient (Wildman–Crippen LogP) is 3.79. The van der Waals surface area contributed by atoms with Gasteiger partial charge < -0.3 is 9.64 Å². The van der Waals surface area contributed by atoms with Crippen molar-refractivity contribution >= 4 is 40.8 Å². The lowest BCUT2D eigenvalue weighted by molar-refractivity contribution is -0.132. The van der Waals surface area contributed by atoms with Gasteiger partial charge in [-0.25, -0.2) is 4.98 Å². The third kappa shape index (κ3) is 3.93. The number of aromatic nitrogens is 1. The Morgan fingerprint density at radius 1 is 1.04 bits per heavy atom. The van der Waals surface area contributed by atoms with Gasteiger partial charge in [-0.05, 0) is 49.1 Å². The Hall–Kier alpha value is -2.31. The van der Waals surface area contributed by atoms with Crippen molar-refractivity contribution < 1.29 is 14.3 Å². The number of hydrogen-bond donors (Lipinski definition) is 0. The molecule has 8 heteroatoms. The fourth-order valence-electron chi connectivity index (χ4n) is 3.50. The van der Waals surface area contributed by atoms with E-state index in [9.17, 15) is 9.59 Å². The molecule has 0 atom stereocenters. The number of benzene rings is 1. The molecule has 2 aromatic rings. The molecule has 4 rings (SSSR count). The van der Waals surface area contributed by atoms with Crippen molar-refractivity contribution in [2.24, 2.45) is 0 Å². The number of likely N-dealkylation sites (tertiary alicyclic amines) is 1. The molecule has 6 nitrogen and oxygen atoms in total. The molecule has 2 aliphatic heterocycles. The predicted molar refractivity (Wildman–Crippen MR) is 108 cm³/mol. The highest BCUT2D eigenvalue weighted by atomic mass is 35.5. The summed E-state index contributed by atoms with van der Waals surface area (Å²) in [5.74, 6) is 0.482. The van der Waals surface area contributed by atoms with E-state index in [4.69, 9.17) is 27.9 Å². The van der Waals surface area contributed by atoms with E-state index in [1.54, 1.807) is 30.5 Å². The van der Waals surface area contributed by atoms with Gasteiger partial charge in [0.2, 0.25) is 5.91 Å². The Morgan fingerprint density at radius 2 is 1.75 bits per heavy atom. The Morgan fingerprint density at radius 3 is 2.46 bits per heavy atom. The average molecular weight is 420 g/mol. The van der Waals surface area contributed by atoms with Crippen molar-refractivity contribution in [3.8, 4) is 16.9 Å². The highest BCUT2D eigenvalue weighted by Gasteiger charge is 2.30. The monoisotopic (exact) mass is 419 g/mol. The SMILES string of the molecule is O=C(CN1C(=O)COc2cc(-c3cc(Cl)cc(Cl)c3)cnc21)N1CCCCC1. The zero-order chi connectivity index (χ0) is 19.7. The van der Waals surface area contributed by atoms with E-state index in [1.807, 2.05) is 4.90 Å². The number of nitrogens with zero attached hydrogens (tertiary/aromatic N) is 3. The fourth-order valence-corrected chi connectivity index (χ4v) is 4.03. The molecule has 2 aliphatic rings. The van der Waals surface area contributed by atoms with Crippen LogP contribution < -0.4 is 9.64 Å². The number of pyridine rings is 1. The van der Waals surface area contributed by atoms with Crippen molar-refractivity contribution in [3.05, 3.63) is 40.5 Å². The minimum atomic E-state index is -0.274. The number of rotatable bonds is 3. The molecule has 28 heavy (non-hydrogen) atoms. The van der Waals surface area contributed by atoms with E-state index in [0.29, 0.717) is 21.6 Å². The summed E-state index contributed by atoms with van der Waals surface area (Å²) in [6, 6.07) is 7.00. The standard InChI is InChI=1S/C20H19Cl2N3O3/c21-15-6-13(7-16(22)9-15)14-8-17-20(23-10-14)25(19(27)12-28-17)11-18(26)24-4-2-1-3-5-24/h6-10H,1-5,11-12H2. The quantitative estimate of drug-likeness (QED) is 0.758. The molecule has 3 heterocycles. The first kappa shape index (κ1) is 19.0. The fraction of sp³-hybridized carbons (Fsp3) is 0.350. The Bertz CT molecular complexity index is 909. The van der Waals surface area contributed by atoms with Crippen LogP contribution in [-0.4, -0.2) is 47.9 Å². The summed E-state index contributed by atoms with van der Waals surface area (Å²) in [6.45, 7) is 1.34. The van der Waals surface area contributed by atoms with Gasteiger partial charge in [0.25, 0.3) is 5.91 Å². The van der Waals surface area contributed by atoms with E-state index in [0.717, 1.165) is 43.5 Å². The highest BCUT2D eigenvalue weighted by molar-refractivity contribution is 6.35. The number of amides is 2. The van der Waals surface area contributed by atoms with Gasteiger partial charge in [-0.1, -0.05) is 23.2 Å². The molecule has 0 bridgehead atoms. The lowest BCUT2D eigenvalue weighted by Gasteiger charge is -2.32. The number of hydrogen-bond acceptors (Lipinski definition) is 4. The summed E-state index contributed by atoms with van der Waals surface area (Å²) in [6.07, 6.45) is 4.77. The molecule has 1 aromatic carbocycles. The molecule has 1 fully saturated rings. The second kappa shape index (κ2) is 7.97. The molecule has 0 unspecified atom stereocenters. The summed E-state index contributed by atoms with van der Waals surface area (Å²) >= 11 is 12.2. The van der Waals surface area contributed by atoms with E-state index < -0.39 is 0 Å². The summed E-state index contributed by atoms with van der Waals surface area (Å²) in [7, 11) is 0. The van der Waals surface area contributed by atoms with Crippen molar-refractivity contribution in [1.82, 2.24) is 9.88 Å². The molecule has 2 amide bonds. The average Bonchev–Trinajstić information content (AvgIpc) is 2.69. The summed E-state index contributed by atoms with van der Waals surface area (Å²) < 4.78 is 5.57. The maximum absolute atomic E-state index is 12.6. The molecule has 0 aliphatic carbocycles. The molecule has 0 spiro atoms. The first-order valence-corrected chi connectivity index (χ1v) is 9.94. The number of fused-ring (bicyclic) bond motifs is 1. The molecule has 146 valence electrons. The zero-order valence-electron chi connectivity index (χ0n) is 15.2. The maximum Gasteiger partial charge on any atom is 0.266 e. The lowest BCUT2D eigenvalue weighted by Crippen LogP contribution is -2.48. The smallest absolute Gasteiger partial charge is 0.266 e. The van der Waals surface area contributed by atoms with Crippen molar-refractivity contribution in [3.63, 3.8) is 0 Å². The molecule has 1 aromatic heterocycles. The first-order chi connectivity index (χ1) is 13.5. The lowest BCUT2D eigenvalue weighted by atomic mass is 10.1. The van der Waals surface area contributed by atoms with Crippen LogP contribution in [0.2, 0.25) is 10.0 Å². The van der Waals surface area contributed by atoms with Crippen LogP contribution >= 0.6 is 23.2 Å². The van der Waals surface area contributed by atoms with Crippen LogP contribution in [0.4, 0.5) is 5.82 Å². The largest absolute Gasteiger partial charge is 0.480 e. The van der Waals surface area contributed by atoms with Crippen LogP contribution in [0.1, 0.15) is 19.3 Å². The Balaban J connectivity index is 1.60. The molecule has 0 N–H and O–H groups in total. The van der Waals surface area contributed by atoms with E-state index in [2.05, 4.69) is 4.98 Å². The van der Waals surface area contributed by atoms with Gasteiger partial charge in [0.15, 0.2) is 18.2 Å². The van der Waals surface area contributed by atoms with Crippen LogP contribution in [0, 0.1) is 0 Å². The molecule has 1 saturated heterocycles. The van der Waals surface area contributed by atoms with Gasteiger partial charge in [-0.3, -0.25) is 14.5 Å².